The number of hydrogen-bond acceptors (Lipinski definition) is 5. The molecule has 2 saturated heterocycles. The first-order valence-corrected chi connectivity index (χ1v) is 15.0. The van der Waals surface area contributed by atoms with Crippen molar-refractivity contribution in [3.8, 4) is 0 Å². The smallest absolute Gasteiger partial charge is 0.175 e. The molecule has 2 aliphatic heterocycles. The van der Waals surface area contributed by atoms with Crippen LogP contribution in [0, 0.1) is 5.92 Å². The number of piperidine rings is 1. The van der Waals surface area contributed by atoms with Crippen molar-refractivity contribution in [2.24, 2.45) is 5.92 Å². The van der Waals surface area contributed by atoms with Crippen molar-refractivity contribution >= 4 is 20.9 Å². The number of nitrogens with one attached hydrogen (secondary N) is 1. The van der Waals surface area contributed by atoms with Crippen LogP contribution in [0.1, 0.15) is 82.0 Å². The molecule has 3 aliphatic rings. The van der Waals surface area contributed by atoms with Crippen molar-refractivity contribution in [1.29, 1.82) is 0 Å². The summed E-state index contributed by atoms with van der Waals surface area (Å²) in [7, 11) is -3.24. The van der Waals surface area contributed by atoms with Crippen molar-refractivity contribution in [2.45, 2.75) is 81.1 Å². The lowest BCUT2D eigenvalue weighted by Gasteiger charge is -2.36. The maximum absolute atomic E-state index is 12.1. The number of sulfone groups is 1. The van der Waals surface area contributed by atoms with Gasteiger partial charge in [0, 0.05) is 44.4 Å². The summed E-state index contributed by atoms with van der Waals surface area (Å²) in [6, 6.07) is 5.97. The first-order valence-electron chi connectivity index (χ1n) is 13.1. The molecule has 1 aromatic carbocycles. The van der Waals surface area contributed by atoms with E-state index in [1.54, 1.807) is 12.1 Å². The predicted molar refractivity (Wildman–Crippen MR) is 134 cm³/mol. The van der Waals surface area contributed by atoms with Gasteiger partial charge in [0.15, 0.2) is 9.84 Å². The number of fused-ring (bicyclic) bond motifs is 1. The number of nitrogens with zero attached hydrogens (tertiary/aromatic N) is 3. The van der Waals surface area contributed by atoms with Gasteiger partial charge in [-0.1, -0.05) is 32.1 Å². The molecule has 6 nitrogen and oxygen atoms in total. The minimum Gasteiger partial charge on any atom is -0.324 e. The van der Waals surface area contributed by atoms with Crippen molar-refractivity contribution in [3.63, 3.8) is 0 Å². The van der Waals surface area contributed by atoms with E-state index in [9.17, 15) is 8.42 Å². The van der Waals surface area contributed by atoms with Crippen LogP contribution in [0.15, 0.2) is 23.1 Å². The molecule has 7 heteroatoms. The molecule has 1 N–H and O–H groups in total. The molecule has 1 aliphatic carbocycles. The highest BCUT2D eigenvalue weighted by molar-refractivity contribution is 7.90. The summed E-state index contributed by atoms with van der Waals surface area (Å²) in [5.41, 5.74) is 1.93. The lowest BCUT2D eigenvalue weighted by Crippen LogP contribution is -2.38. The summed E-state index contributed by atoms with van der Waals surface area (Å²) in [6.45, 7) is 5.58. The summed E-state index contributed by atoms with van der Waals surface area (Å²) < 4.78 is 26.7. The van der Waals surface area contributed by atoms with Crippen LogP contribution in [0.5, 0.6) is 0 Å². The molecule has 1 atom stereocenters. The minimum atomic E-state index is -3.24. The fraction of sp³-hybridized carbons (Fsp3) is 0.731. The number of likely N-dealkylation sites (tertiary alicyclic amines) is 1. The van der Waals surface area contributed by atoms with E-state index >= 15 is 0 Å². The maximum atomic E-state index is 12.1. The SMILES string of the molecule is CS(=O)(=O)c1ccc2c(c1)nc([C@@H]1CCNC1)n2C1CCN(CC2CCCCCCC2)CC1. The molecule has 0 unspecified atom stereocenters. The summed E-state index contributed by atoms with van der Waals surface area (Å²) >= 11 is 0. The highest BCUT2D eigenvalue weighted by Crippen LogP contribution is 2.35. The second-order valence-electron chi connectivity index (χ2n) is 10.7. The van der Waals surface area contributed by atoms with Crippen LogP contribution in [0.3, 0.4) is 0 Å². The number of rotatable bonds is 5. The molecule has 182 valence electrons. The van der Waals surface area contributed by atoms with Crippen molar-refractivity contribution in [1.82, 2.24) is 19.8 Å². The van der Waals surface area contributed by atoms with E-state index in [0.717, 1.165) is 68.2 Å². The molecule has 0 spiro atoms. The molecule has 5 rings (SSSR count). The first kappa shape index (κ1) is 23.3. The molecule has 1 aromatic heterocycles. The number of aromatic nitrogens is 2. The summed E-state index contributed by atoms with van der Waals surface area (Å²) in [6.07, 6.45) is 14.6. The second-order valence-corrected chi connectivity index (χ2v) is 12.7. The zero-order valence-corrected chi connectivity index (χ0v) is 21.0. The Morgan fingerprint density at radius 1 is 1.00 bits per heavy atom. The van der Waals surface area contributed by atoms with E-state index in [2.05, 4.69) is 14.8 Å². The van der Waals surface area contributed by atoms with Gasteiger partial charge in [-0.15, -0.1) is 0 Å². The molecule has 0 radical (unpaired) electrons. The normalized spacial score (nSPS) is 24.8. The van der Waals surface area contributed by atoms with E-state index in [1.165, 1.54) is 57.7 Å². The second kappa shape index (κ2) is 10.0. The van der Waals surface area contributed by atoms with Crippen LogP contribution in [0.4, 0.5) is 0 Å². The maximum Gasteiger partial charge on any atom is 0.175 e. The van der Waals surface area contributed by atoms with Gasteiger partial charge in [-0.2, -0.15) is 0 Å². The molecule has 2 aromatic rings. The van der Waals surface area contributed by atoms with Crippen LogP contribution in [-0.2, 0) is 9.84 Å². The molecule has 0 amide bonds. The quantitative estimate of drug-likeness (QED) is 0.693. The molecular formula is C26H40N4O2S. The van der Waals surface area contributed by atoms with E-state index in [0.29, 0.717) is 16.9 Å². The van der Waals surface area contributed by atoms with Gasteiger partial charge in [0.05, 0.1) is 15.9 Å². The highest BCUT2D eigenvalue weighted by atomic mass is 32.2. The molecule has 3 heterocycles. The fourth-order valence-electron chi connectivity index (χ4n) is 6.32. The third-order valence-corrected chi connectivity index (χ3v) is 9.32. The average Bonchev–Trinajstić information content (AvgIpc) is 3.43. The Morgan fingerprint density at radius 2 is 1.73 bits per heavy atom. The number of hydrogen-bond donors (Lipinski definition) is 1. The Bertz CT molecular complexity index is 1040. The van der Waals surface area contributed by atoms with Crippen molar-refractivity contribution in [3.05, 3.63) is 24.0 Å². The minimum absolute atomic E-state index is 0.366. The van der Waals surface area contributed by atoms with Gasteiger partial charge in [-0.3, -0.25) is 0 Å². The predicted octanol–water partition coefficient (Wildman–Crippen LogP) is 4.51. The Balaban J connectivity index is 1.35. The summed E-state index contributed by atoms with van der Waals surface area (Å²) in [4.78, 5) is 8.10. The first-order chi connectivity index (χ1) is 16.0. The third-order valence-electron chi connectivity index (χ3n) is 8.21. The number of benzene rings is 1. The van der Waals surface area contributed by atoms with Crippen LogP contribution in [-0.4, -0.2) is 61.8 Å². The third kappa shape index (κ3) is 5.30. The van der Waals surface area contributed by atoms with Crippen LogP contribution in [0.2, 0.25) is 0 Å². The zero-order valence-electron chi connectivity index (χ0n) is 20.1. The van der Waals surface area contributed by atoms with E-state index in [1.807, 2.05) is 6.07 Å². The van der Waals surface area contributed by atoms with E-state index < -0.39 is 9.84 Å². The Kier molecular flexibility index (Phi) is 7.09. The van der Waals surface area contributed by atoms with Gasteiger partial charge >= 0.3 is 0 Å². The Morgan fingerprint density at radius 3 is 2.39 bits per heavy atom. The summed E-state index contributed by atoms with van der Waals surface area (Å²) in [5, 5.41) is 3.49. The monoisotopic (exact) mass is 472 g/mol. The van der Waals surface area contributed by atoms with Gasteiger partial charge in [0.2, 0.25) is 0 Å². The summed E-state index contributed by atoms with van der Waals surface area (Å²) in [5.74, 6) is 2.44. The largest absolute Gasteiger partial charge is 0.324 e. The van der Waals surface area contributed by atoms with Gasteiger partial charge in [0.1, 0.15) is 5.82 Å². The molecular weight excluding hydrogens is 432 g/mol. The molecule has 33 heavy (non-hydrogen) atoms. The zero-order chi connectivity index (χ0) is 22.8. The van der Waals surface area contributed by atoms with Crippen LogP contribution < -0.4 is 5.32 Å². The fourth-order valence-corrected chi connectivity index (χ4v) is 6.96. The van der Waals surface area contributed by atoms with Gasteiger partial charge < -0.3 is 14.8 Å². The van der Waals surface area contributed by atoms with Gasteiger partial charge in [-0.05, 0) is 62.8 Å². The van der Waals surface area contributed by atoms with Crippen LogP contribution in [0.25, 0.3) is 11.0 Å². The standard InChI is InChI=1S/C26H40N4O2S/c1-33(31,32)23-9-10-25-24(17-23)28-26(21-11-14-27-18-21)30(25)22-12-15-29(16-13-22)19-20-7-5-3-2-4-6-8-20/h9-10,17,20-22,27H,2-8,11-16,18-19H2,1H3/t21-/m1/s1. The van der Waals surface area contributed by atoms with Crippen molar-refractivity contribution < 1.29 is 8.42 Å². The lowest BCUT2D eigenvalue weighted by atomic mass is 9.90. The Hall–Kier alpha value is -1.44. The molecule has 0 bridgehead atoms. The molecule has 3 fully saturated rings. The highest BCUT2D eigenvalue weighted by Gasteiger charge is 2.30. The topological polar surface area (TPSA) is 67.2 Å². The van der Waals surface area contributed by atoms with E-state index in [4.69, 9.17) is 4.98 Å². The van der Waals surface area contributed by atoms with Gasteiger partial charge in [-0.25, -0.2) is 13.4 Å². The average molecular weight is 473 g/mol. The van der Waals surface area contributed by atoms with Crippen molar-refractivity contribution in [2.75, 3.05) is 39.0 Å². The number of imidazole rings is 1. The van der Waals surface area contributed by atoms with E-state index in [-0.39, 0.29) is 0 Å². The van der Waals surface area contributed by atoms with Crippen LogP contribution >= 0.6 is 0 Å². The molecule has 1 saturated carbocycles. The van der Waals surface area contributed by atoms with Gasteiger partial charge in [0.25, 0.3) is 0 Å². The lowest BCUT2D eigenvalue weighted by molar-refractivity contribution is 0.151. The Labute approximate surface area is 199 Å².